The number of rotatable bonds is 6. The summed E-state index contributed by atoms with van der Waals surface area (Å²) in [5.41, 5.74) is 12.7. The topological polar surface area (TPSA) is 29.3 Å². The lowest BCUT2D eigenvalue weighted by atomic mass is 9.94. The van der Waals surface area contributed by atoms with Gasteiger partial charge in [-0.05, 0) is 85.9 Å². The number of benzene rings is 9. The van der Waals surface area contributed by atoms with Crippen LogP contribution in [0, 0.1) is 0 Å². The van der Waals surface area contributed by atoms with E-state index in [1.807, 2.05) is 0 Å². The van der Waals surface area contributed by atoms with Gasteiger partial charge in [0.15, 0.2) is 0 Å². The molecule has 3 heteroatoms. The van der Waals surface area contributed by atoms with E-state index < -0.39 is 0 Å². The minimum atomic E-state index is -0.216. The van der Waals surface area contributed by atoms with Gasteiger partial charge in [-0.25, -0.2) is 0 Å². The van der Waals surface area contributed by atoms with E-state index in [0.717, 1.165) is 33.9 Å². The summed E-state index contributed by atoms with van der Waals surface area (Å²) in [6.07, 6.45) is 2.28. The van der Waals surface area contributed by atoms with Gasteiger partial charge in [-0.2, -0.15) is 0 Å². The third-order valence-electron chi connectivity index (χ3n) is 11.4. The number of hydrogen-bond donors (Lipinski definition) is 1. The minimum Gasteiger partial charge on any atom is -0.340 e. The predicted octanol–water partition coefficient (Wildman–Crippen LogP) is 13.6. The highest BCUT2D eigenvalue weighted by Crippen LogP contribution is 2.40. The Hall–Kier alpha value is -7.49. The van der Waals surface area contributed by atoms with Crippen LogP contribution in [0.15, 0.2) is 217 Å². The highest BCUT2D eigenvalue weighted by molar-refractivity contribution is 6.14. The molecule has 1 aliphatic rings. The van der Waals surface area contributed by atoms with Crippen molar-refractivity contribution in [1.82, 2.24) is 9.88 Å². The number of amidine groups is 1. The van der Waals surface area contributed by atoms with Crippen molar-refractivity contribution in [3.63, 3.8) is 0 Å². The molecule has 9 aromatic carbocycles. The molecule has 0 saturated carbocycles. The Kier molecular flexibility index (Phi) is 7.89. The molecule has 1 aromatic heterocycles. The number of aliphatic imine (C=N–C) groups is 1. The average Bonchev–Trinajstić information content (AvgIpc) is 3.61. The summed E-state index contributed by atoms with van der Waals surface area (Å²) in [6.45, 7) is 0. The second kappa shape index (κ2) is 13.7. The third kappa shape index (κ3) is 5.80. The Morgan fingerprint density at radius 2 is 0.965 bits per heavy atom. The van der Waals surface area contributed by atoms with Crippen molar-refractivity contribution in [2.45, 2.75) is 6.04 Å². The van der Waals surface area contributed by atoms with Gasteiger partial charge in [0.2, 0.25) is 0 Å². The van der Waals surface area contributed by atoms with Crippen LogP contribution in [0.1, 0.15) is 22.7 Å². The van der Waals surface area contributed by atoms with Crippen molar-refractivity contribution in [2.75, 3.05) is 0 Å². The van der Waals surface area contributed by atoms with Gasteiger partial charge in [0.1, 0.15) is 5.84 Å². The van der Waals surface area contributed by atoms with Crippen LogP contribution in [-0.2, 0) is 0 Å². The molecule has 1 unspecified atom stereocenters. The Morgan fingerprint density at radius 1 is 0.386 bits per heavy atom. The number of para-hydroxylation sites is 1. The molecule has 0 spiro atoms. The zero-order chi connectivity index (χ0) is 37.7. The highest BCUT2D eigenvalue weighted by atomic mass is 15.0. The van der Waals surface area contributed by atoms with E-state index in [2.05, 4.69) is 222 Å². The summed E-state index contributed by atoms with van der Waals surface area (Å²) < 4.78 is 2.45. The molecule has 1 N–H and O–H groups in total. The van der Waals surface area contributed by atoms with Crippen LogP contribution in [-0.4, -0.2) is 10.4 Å². The zero-order valence-corrected chi connectivity index (χ0v) is 31.2. The predicted molar refractivity (Wildman–Crippen MR) is 240 cm³/mol. The first-order chi connectivity index (χ1) is 28.2. The summed E-state index contributed by atoms with van der Waals surface area (Å²) in [6, 6.07) is 74.0. The number of hydrogen-bond acceptors (Lipinski definition) is 2. The van der Waals surface area contributed by atoms with Crippen LogP contribution in [0.3, 0.4) is 0 Å². The van der Waals surface area contributed by atoms with Crippen LogP contribution >= 0.6 is 0 Å². The molecular weight excluding hydrogens is 691 g/mol. The van der Waals surface area contributed by atoms with E-state index >= 15 is 0 Å². The normalized spacial score (nSPS) is 14.1. The Morgan fingerprint density at radius 3 is 1.74 bits per heavy atom. The highest BCUT2D eigenvalue weighted by Gasteiger charge is 2.23. The smallest absolute Gasteiger partial charge is 0.133 e. The molecule has 0 saturated heterocycles. The van der Waals surface area contributed by atoms with Gasteiger partial charge >= 0.3 is 0 Å². The van der Waals surface area contributed by atoms with Crippen LogP contribution in [0.25, 0.3) is 77.0 Å². The lowest BCUT2D eigenvalue weighted by Crippen LogP contribution is -2.27. The van der Waals surface area contributed by atoms with Gasteiger partial charge in [-0.1, -0.05) is 176 Å². The molecule has 2 heterocycles. The molecule has 0 amide bonds. The number of aromatic nitrogens is 1. The second-order valence-corrected chi connectivity index (χ2v) is 14.8. The first kappa shape index (κ1) is 32.9. The molecule has 0 bridgehead atoms. The van der Waals surface area contributed by atoms with E-state index in [1.54, 1.807) is 0 Å². The molecule has 0 radical (unpaired) electrons. The summed E-state index contributed by atoms with van der Waals surface area (Å²) in [7, 11) is 0. The molecule has 268 valence electrons. The Bertz CT molecular complexity index is 3190. The fraction of sp³-hybridized carbons (Fsp3) is 0.0185. The zero-order valence-electron chi connectivity index (χ0n) is 31.2. The van der Waals surface area contributed by atoms with Gasteiger partial charge in [-0.15, -0.1) is 0 Å². The van der Waals surface area contributed by atoms with Crippen LogP contribution < -0.4 is 5.32 Å². The van der Waals surface area contributed by atoms with Gasteiger partial charge in [-0.3, -0.25) is 4.99 Å². The summed E-state index contributed by atoms with van der Waals surface area (Å²) in [4.78, 5) is 5.49. The average molecular weight is 728 g/mol. The van der Waals surface area contributed by atoms with E-state index in [9.17, 15) is 0 Å². The third-order valence-corrected chi connectivity index (χ3v) is 11.4. The van der Waals surface area contributed by atoms with E-state index in [4.69, 9.17) is 4.99 Å². The fourth-order valence-electron chi connectivity index (χ4n) is 8.63. The van der Waals surface area contributed by atoms with E-state index in [-0.39, 0.29) is 6.04 Å². The minimum absolute atomic E-state index is 0.216. The lowest BCUT2D eigenvalue weighted by molar-refractivity contribution is 0.888. The maximum Gasteiger partial charge on any atom is 0.133 e. The maximum atomic E-state index is 5.49. The number of nitrogens with one attached hydrogen (secondary N) is 1. The van der Waals surface area contributed by atoms with Crippen molar-refractivity contribution in [3.05, 3.63) is 229 Å². The molecule has 1 atom stereocenters. The molecule has 0 fully saturated rings. The van der Waals surface area contributed by atoms with Crippen LogP contribution in [0.2, 0.25) is 0 Å². The summed E-state index contributed by atoms with van der Waals surface area (Å²) in [5, 5.41) is 11.1. The van der Waals surface area contributed by atoms with Crippen molar-refractivity contribution < 1.29 is 0 Å². The number of nitrogens with zero attached hydrogens (tertiary/aromatic N) is 2. The second-order valence-electron chi connectivity index (χ2n) is 14.8. The molecule has 0 aliphatic carbocycles. The molecule has 11 rings (SSSR count). The van der Waals surface area contributed by atoms with Gasteiger partial charge in [0.05, 0.1) is 22.8 Å². The first-order valence-corrected chi connectivity index (χ1v) is 19.6. The quantitative estimate of drug-likeness (QED) is 0.182. The largest absolute Gasteiger partial charge is 0.340 e. The Labute approximate surface area is 331 Å². The number of fused-ring (bicyclic) bond motifs is 5. The summed E-state index contributed by atoms with van der Waals surface area (Å²) in [5.74, 6) is 0.853. The van der Waals surface area contributed by atoms with Crippen molar-refractivity contribution >= 4 is 54.9 Å². The molecule has 1 aliphatic heterocycles. The SMILES string of the molecule is C1=C(c2ccccc2)NC(c2cccc(-c3ccc(-c4ccccc4)cc3)c2)=NC1c1ccc(-n2c3ccccc3c3cc4ccccc4cc32)c2ccccc12. The maximum absolute atomic E-state index is 5.49. The van der Waals surface area contributed by atoms with E-state index in [0.29, 0.717) is 0 Å². The van der Waals surface area contributed by atoms with Crippen molar-refractivity contribution in [2.24, 2.45) is 4.99 Å². The van der Waals surface area contributed by atoms with Gasteiger partial charge in [0.25, 0.3) is 0 Å². The standard InChI is InChI=1S/C54H37N3/c1-3-14-36(15-4-1)37-26-28-38(29-27-37)40-20-13-21-43(32-40)54-55-49(39-16-5-2-6-17-39)35-50(56-54)45-30-31-52(46-23-10-9-22-44(45)46)57-51-25-12-11-24-47(51)48-33-41-18-7-8-19-42(41)34-53(48)57/h1-35,50H,(H,55,56). The van der Waals surface area contributed by atoms with Gasteiger partial charge in [0, 0.05) is 27.4 Å². The van der Waals surface area contributed by atoms with Gasteiger partial charge < -0.3 is 9.88 Å². The monoisotopic (exact) mass is 727 g/mol. The molecule has 3 nitrogen and oxygen atoms in total. The van der Waals surface area contributed by atoms with E-state index in [1.165, 1.54) is 65.6 Å². The molecule has 10 aromatic rings. The van der Waals surface area contributed by atoms with Crippen molar-refractivity contribution in [3.8, 4) is 27.9 Å². The first-order valence-electron chi connectivity index (χ1n) is 19.6. The van der Waals surface area contributed by atoms with Crippen LogP contribution in [0.5, 0.6) is 0 Å². The molecule has 57 heavy (non-hydrogen) atoms. The molecular formula is C54H37N3. The van der Waals surface area contributed by atoms with Crippen molar-refractivity contribution in [1.29, 1.82) is 0 Å². The fourth-order valence-corrected chi connectivity index (χ4v) is 8.63. The lowest BCUT2D eigenvalue weighted by Gasteiger charge is -2.25. The van der Waals surface area contributed by atoms with Crippen LogP contribution in [0.4, 0.5) is 0 Å². The Balaban J connectivity index is 1.04. The summed E-state index contributed by atoms with van der Waals surface area (Å²) >= 11 is 0.